The fourth-order valence-corrected chi connectivity index (χ4v) is 4.47. The van der Waals surface area contributed by atoms with E-state index in [-0.39, 0.29) is 17.6 Å². The van der Waals surface area contributed by atoms with Gasteiger partial charge in [-0.05, 0) is 31.6 Å². The Morgan fingerprint density at radius 3 is 2.83 bits per heavy atom. The molecule has 2 heterocycles. The molecule has 1 aromatic rings. The molecule has 2 atom stereocenters. The molecule has 1 aliphatic carbocycles. The second kappa shape index (κ2) is 8.05. The van der Waals surface area contributed by atoms with E-state index in [9.17, 15) is 9.59 Å². The molecule has 0 radical (unpaired) electrons. The van der Waals surface area contributed by atoms with Crippen molar-refractivity contribution in [2.24, 2.45) is 11.8 Å². The average Bonchev–Trinajstić information content (AvgIpc) is 2.99. The standard InChI is InChI=1S/C17H25N3O3S/c1-12-8-15(19-23-12)18-16(21)10-24-11-17(22)20-7-6-13-4-2-3-5-14(13)9-20/h8,13-14H,2-7,9-11H2,1H3,(H,18,19,21)/t13-,14+/m1/s1. The maximum atomic E-state index is 12.4. The van der Waals surface area contributed by atoms with Gasteiger partial charge in [0.25, 0.3) is 0 Å². The number of nitrogens with one attached hydrogen (secondary N) is 1. The van der Waals surface area contributed by atoms with Gasteiger partial charge in [-0.1, -0.05) is 24.4 Å². The first-order chi connectivity index (χ1) is 11.6. The summed E-state index contributed by atoms with van der Waals surface area (Å²) in [6, 6.07) is 1.67. The van der Waals surface area contributed by atoms with Gasteiger partial charge in [-0.15, -0.1) is 11.8 Å². The fraction of sp³-hybridized carbons (Fsp3) is 0.706. The van der Waals surface area contributed by atoms with Crippen molar-refractivity contribution in [2.45, 2.75) is 39.0 Å². The number of piperidine rings is 1. The monoisotopic (exact) mass is 351 g/mol. The molecule has 7 heteroatoms. The first-order valence-electron chi connectivity index (χ1n) is 8.70. The summed E-state index contributed by atoms with van der Waals surface area (Å²) in [6.45, 7) is 3.56. The first-order valence-corrected chi connectivity index (χ1v) is 9.86. The number of likely N-dealkylation sites (tertiary alicyclic amines) is 1. The van der Waals surface area contributed by atoms with Crippen molar-refractivity contribution >= 4 is 29.4 Å². The van der Waals surface area contributed by atoms with E-state index < -0.39 is 0 Å². The number of aryl methyl sites for hydroxylation is 1. The van der Waals surface area contributed by atoms with Gasteiger partial charge in [-0.3, -0.25) is 9.59 Å². The summed E-state index contributed by atoms with van der Waals surface area (Å²) in [4.78, 5) is 26.2. The van der Waals surface area contributed by atoms with E-state index in [0.29, 0.717) is 23.2 Å². The Bertz CT molecular complexity index is 589. The number of anilines is 1. The summed E-state index contributed by atoms with van der Waals surface area (Å²) in [6.07, 6.45) is 6.40. The maximum absolute atomic E-state index is 12.4. The second-order valence-electron chi connectivity index (χ2n) is 6.80. The summed E-state index contributed by atoms with van der Waals surface area (Å²) in [5.41, 5.74) is 0. The van der Waals surface area contributed by atoms with Crippen LogP contribution < -0.4 is 5.32 Å². The maximum Gasteiger partial charge on any atom is 0.235 e. The van der Waals surface area contributed by atoms with Crippen LogP contribution in [0.15, 0.2) is 10.6 Å². The zero-order chi connectivity index (χ0) is 16.9. The van der Waals surface area contributed by atoms with Gasteiger partial charge >= 0.3 is 0 Å². The predicted molar refractivity (Wildman–Crippen MR) is 93.8 cm³/mol. The molecule has 0 aromatic carbocycles. The number of thioether (sulfide) groups is 1. The minimum Gasteiger partial charge on any atom is -0.360 e. The number of fused-ring (bicyclic) bond motifs is 1. The molecule has 1 saturated carbocycles. The highest BCUT2D eigenvalue weighted by atomic mass is 32.2. The van der Waals surface area contributed by atoms with Crippen LogP contribution in [0.4, 0.5) is 5.82 Å². The summed E-state index contributed by atoms with van der Waals surface area (Å²) in [5, 5.41) is 6.38. The lowest BCUT2D eigenvalue weighted by atomic mass is 9.75. The van der Waals surface area contributed by atoms with Gasteiger partial charge in [0.1, 0.15) is 5.76 Å². The number of amides is 2. The SMILES string of the molecule is Cc1cc(NC(=O)CSCC(=O)N2CC[C@H]3CCCC[C@H]3C2)no1. The van der Waals surface area contributed by atoms with Crippen molar-refractivity contribution < 1.29 is 14.1 Å². The summed E-state index contributed by atoms with van der Waals surface area (Å²) in [5.74, 6) is 3.21. The Kier molecular flexibility index (Phi) is 5.81. The minimum absolute atomic E-state index is 0.160. The molecular formula is C17H25N3O3S. The van der Waals surface area contributed by atoms with Crippen molar-refractivity contribution in [3.63, 3.8) is 0 Å². The summed E-state index contributed by atoms with van der Waals surface area (Å²) < 4.78 is 4.90. The molecule has 2 aliphatic rings. The Labute approximate surface area is 146 Å². The number of nitrogens with zero attached hydrogens (tertiary/aromatic N) is 2. The van der Waals surface area contributed by atoms with Crippen molar-refractivity contribution in [2.75, 3.05) is 29.9 Å². The van der Waals surface area contributed by atoms with E-state index in [1.54, 1.807) is 13.0 Å². The fourth-order valence-electron chi connectivity index (χ4n) is 3.75. The molecule has 6 nitrogen and oxygen atoms in total. The lowest BCUT2D eigenvalue weighted by molar-refractivity contribution is -0.131. The number of carbonyl (C=O) groups is 2. The van der Waals surface area contributed by atoms with E-state index in [0.717, 1.165) is 25.4 Å². The molecule has 0 unspecified atom stereocenters. The molecule has 1 saturated heterocycles. The van der Waals surface area contributed by atoms with Crippen molar-refractivity contribution in [3.8, 4) is 0 Å². The van der Waals surface area contributed by atoms with E-state index in [2.05, 4.69) is 10.5 Å². The predicted octanol–water partition coefficient (Wildman–Crippen LogP) is 2.69. The Hall–Kier alpha value is -1.50. The van der Waals surface area contributed by atoms with Crippen LogP contribution in [0.25, 0.3) is 0 Å². The van der Waals surface area contributed by atoms with Crippen LogP contribution in [0.5, 0.6) is 0 Å². The van der Waals surface area contributed by atoms with E-state index >= 15 is 0 Å². The number of aromatic nitrogens is 1. The lowest BCUT2D eigenvalue weighted by Gasteiger charge is -2.41. The highest BCUT2D eigenvalue weighted by Gasteiger charge is 2.32. The molecule has 1 aromatic heterocycles. The molecule has 1 aliphatic heterocycles. The molecule has 0 spiro atoms. The smallest absolute Gasteiger partial charge is 0.235 e. The molecule has 2 amide bonds. The van der Waals surface area contributed by atoms with Gasteiger partial charge in [0, 0.05) is 19.2 Å². The van der Waals surface area contributed by atoms with Crippen LogP contribution in [-0.4, -0.2) is 46.5 Å². The van der Waals surface area contributed by atoms with Crippen LogP contribution in [0.1, 0.15) is 37.9 Å². The third kappa shape index (κ3) is 4.53. The largest absolute Gasteiger partial charge is 0.360 e. The molecule has 132 valence electrons. The number of carbonyl (C=O) groups excluding carboxylic acids is 2. The van der Waals surface area contributed by atoms with Crippen LogP contribution >= 0.6 is 11.8 Å². The van der Waals surface area contributed by atoms with Gasteiger partial charge in [-0.2, -0.15) is 0 Å². The molecule has 0 bridgehead atoms. The molecule has 3 rings (SSSR count). The Morgan fingerprint density at radius 1 is 1.29 bits per heavy atom. The first kappa shape index (κ1) is 17.3. The molecule has 1 N–H and O–H groups in total. The van der Waals surface area contributed by atoms with E-state index in [1.807, 2.05) is 4.90 Å². The third-order valence-corrected chi connectivity index (χ3v) is 5.92. The van der Waals surface area contributed by atoms with E-state index in [4.69, 9.17) is 4.52 Å². The van der Waals surface area contributed by atoms with Crippen LogP contribution in [-0.2, 0) is 9.59 Å². The lowest BCUT2D eigenvalue weighted by Crippen LogP contribution is -2.45. The Balaban J connectivity index is 1.37. The zero-order valence-electron chi connectivity index (χ0n) is 14.1. The highest BCUT2D eigenvalue weighted by Crippen LogP contribution is 2.36. The van der Waals surface area contributed by atoms with Crippen molar-refractivity contribution in [3.05, 3.63) is 11.8 Å². The molecular weight excluding hydrogens is 326 g/mol. The van der Waals surface area contributed by atoms with Gasteiger partial charge in [-0.25, -0.2) is 0 Å². The number of hydrogen-bond donors (Lipinski definition) is 1. The average molecular weight is 351 g/mol. The molecule has 24 heavy (non-hydrogen) atoms. The van der Waals surface area contributed by atoms with E-state index in [1.165, 1.54) is 37.4 Å². The Morgan fingerprint density at radius 2 is 2.08 bits per heavy atom. The quantitative estimate of drug-likeness (QED) is 0.883. The minimum atomic E-state index is -0.160. The second-order valence-corrected chi connectivity index (χ2v) is 7.78. The van der Waals surface area contributed by atoms with Crippen molar-refractivity contribution in [1.29, 1.82) is 0 Å². The number of rotatable bonds is 5. The highest BCUT2D eigenvalue weighted by molar-refractivity contribution is 8.00. The van der Waals surface area contributed by atoms with Gasteiger partial charge in [0.2, 0.25) is 11.8 Å². The van der Waals surface area contributed by atoms with Gasteiger partial charge in [0.05, 0.1) is 11.5 Å². The van der Waals surface area contributed by atoms with Crippen LogP contribution in [0.2, 0.25) is 0 Å². The van der Waals surface area contributed by atoms with Gasteiger partial charge in [0.15, 0.2) is 5.82 Å². The topological polar surface area (TPSA) is 75.4 Å². The third-order valence-electron chi connectivity index (χ3n) is 5.00. The zero-order valence-corrected chi connectivity index (χ0v) is 14.9. The summed E-state index contributed by atoms with van der Waals surface area (Å²) >= 11 is 1.36. The van der Waals surface area contributed by atoms with Crippen LogP contribution in [0.3, 0.4) is 0 Å². The van der Waals surface area contributed by atoms with Crippen LogP contribution in [0, 0.1) is 18.8 Å². The number of hydrogen-bond acceptors (Lipinski definition) is 5. The van der Waals surface area contributed by atoms with Crippen molar-refractivity contribution in [1.82, 2.24) is 10.1 Å². The summed E-state index contributed by atoms with van der Waals surface area (Å²) in [7, 11) is 0. The van der Waals surface area contributed by atoms with Gasteiger partial charge < -0.3 is 14.7 Å². The normalized spacial score (nSPS) is 23.6. The molecule has 2 fully saturated rings.